The fraction of sp³-hybridized carbons (Fsp3) is 0.350. The summed E-state index contributed by atoms with van der Waals surface area (Å²) in [6.45, 7) is 0. The van der Waals surface area contributed by atoms with Crippen molar-refractivity contribution in [3.8, 4) is 5.75 Å². The number of esters is 1. The minimum absolute atomic E-state index is 0.298. The monoisotopic (exact) mass is 342 g/mol. The van der Waals surface area contributed by atoms with E-state index in [9.17, 15) is 18.0 Å². The van der Waals surface area contributed by atoms with E-state index in [1.807, 2.05) is 12.1 Å². The van der Waals surface area contributed by atoms with Crippen LogP contribution in [0.5, 0.6) is 5.75 Å². The first kappa shape index (κ1) is 13.9. The molecule has 0 aliphatic heterocycles. The topological polar surface area (TPSA) is 26.3 Å². The van der Waals surface area contributed by atoms with Crippen LogP contribution in [0.2, 0.25) is 0 Å². The zero-order valence-corrected chi connectivity index (χ0v) is 13.0. The second-order valence-corrected chi connectivity index (χ2v) is 7.74. The van der Waals surface area contributed by atoms with Gasteiger partial charge in [0.1, 0.15) is 5.75 Å². The van der Waals surface area contributed by atoms with Gasteiger partial charge in [-0.15, -0.1) is 0 Å². The number of hydrogen-bond acceptors (Lipinski definition) is 2. The molecule has 2 aromatic rings. The van der Waals surface area contributed by atoms with Gasteiger partial charge in [-0.1, -0.05) is 12.1 Å². The highest BCUT2D eigenvalue weighted by molar-refractivity contribution is 5.91. The summed E-state index contributed by atoms with van der Waals surface area (Å²) in [5.41, 5.74) is 2.30. The van der Waals surface area contributed by atoms with Crippen molar-refractivity contribution in [3.05, 3.63) is 65.0 Å². The van der Waals surface area contributed by atoms with Gasteiger partial charge >= 0.3 is 5.97 Å². The first-order chi connectivity index (χ1) is 12.0. The Kier molecular flexibility index (Phi) is 2.28. The van der Waals surface area contributed by atoms with Gasteiger partial charge in [0.2, 0.25) is 0 Å². The molecule has 5 heteroatoms. The summed E-state index contributed by atoms with van der Waals surface area (Å²) in [7, 11) is 0. The van der Waals surface area contributed by atoms with Gasteiger partial charge in [0, 0.05) is 12.1 Å². The summed E-state index contributed by atoms with van der Waals surface area (Å²) >= 11 is 0. The minimum atomic E-state index is -1.58. The number of ether oxygens (including phenoxy) is 1. The lowest BCUT2D eigenvalue weighted by Gasteiger charge is -2.15. The largest absolute Gasteiger partial charge is 0.423 e. The van der Waals surface area contributed by atoms with Crippen LogP contribution < -0.4 is 4.74 Å². The number of fused-ring (bicyclic) bond motifs is 6. The fourth-order valence-electron chi connectivity index (χ4n) is 5.33. The van der Waals surface area contributed by atoms with E-state index < -0.39 is 23.4 Å². The highest BCUT2D eigenvalue weighted by atomic mass is 19.2. The van der Waals surface area contributed by atoms with Crippen LogP contribution in [0.15, 0.2) is 36.4 Å². The van der Waals surface area contributed by atoms with E-state index in [-0.39, 0.29) is 5.75 Å². The Morgan fingerprint density at radius 1 is 1.00 bits per heavy atom. The molecule has 0 amide bonds. The van der Waals surface area contributed by atoms with Crippen molar-refractivity contribution in [3.63, 3.8) is 0 Å². The van der Waals surface area contributed by atoms with Crippen molar-refractivity contribution < 1.29 is 22.7 Å². The summed E-state index contributed by atoms with van der Waals surface area (Å²) in [5.74, 6) is -0.984. The molecule has 2 nitrogen and oxygen atoms in total. The molecule has 4 aliphatic carbocycles. The molecule has 0 saturated heterocycles. The smallest absolute Gasteiger partial charge is 0.343 e. The molecule has 0 heterocycles. The zero-order valence-electron chi connectivity index (χ0n) is 13.0. The van der Waals surface area contributed by atoms with E-state index in [0.29, 0.717) is 23.6 Å². The SMILES string of the molecule is O=C(Oc1cc(F)c(F)c(F)c1)c1ccc(C2C3C2C32C3CC32)cc1. The maximum Gasteiger partial charge on any atom is 0.343 e. The van der Waals surface area contributed by atoms with Gasteiger partial charge in [-0.3, -0.25) is 0 Å². The van der Waals surface area contributed by atoms with Crippen LogP contribution in [0, 0.1) is 46.5 Å². The summed E-state index contributed by atoms with van der Waals surface area (Å²) in [6.07, 6.45) is 1.44. The van der Waals surface area contributed by atoms with Crippen LogP contribution in [0.3, 0.4) is 0 Å². The molecule has 25 heavy (non-hydrogen) atoms. The standard InChI is InChI=1S/C20H13F3O2/c21-13-5-10(6-14(22)18(13)23)25-19(24)9-3-1-8(2-4-9)15-16-17(15)20(16)11-7-12(11)20/h1-6,11-12,15-17H,7H2. The van der Waals surface area contributed by atoms with Crippen molar-refractivity contribution in [1.82, 2.24) is 0 Å². The summed E-state index contributed by atoms with van der Waals surface area (Å²) in [5, 5.41) is 0. The van der Waals surface area contributed by atoms with Gasteiger partial charge in [-0.25, -0.2) is 18.0 Å². The number of carbonyl (C=O) groups excluding carboxylic acids is 1. The Hall–Kier alpha value is -2.30. The first-order valence-corrected chi connectivity index (χ1v) is 8.50. The third kappa shape index (κ3) is 1.64. The number of rotatable bonds is 3. The molecular weight excluding hydrogens is 329 g/mol. The quantitative estimate of drug-likeness (QED) is 0.472. The van der Waals surface area contributed by atoms with Crippen molar-refractivity contribution in [2.45, 2.75) is 12.3 Å². The Balaban J connectivity index is 1.15. The fourth-order valence-corrected chi connectivity index (χ4v) is 5.33. The van der Waals surface area contributed by atoms with Crippen molar-refractivity contribution in [1.29, 1.82) is 0 Å². The highest BCUT2D eigenvalue weighted by Gasteiger charge is 3.01. The third-order valence-electron chi connectivity index (χ3n) is 6.73. The van der Waals surface area contributed by atoms with Crippen LogP contribution in [-0.4, -0.2) is 5.97 Å². The van der Waals surface area contributed by atoms with E-state index in [1.165, 1.54) is 12.0 Å². The van der Waals surface area contributed by atoms with Crippen molar-refractivity contribution in [2.75, 3.05) is 0 Å². The number of halogens is 3. The van der Waals surface area contributed by atoms with Crippen molar-refractivity contribution in [2.24, 2.45) is 29.1 Å². The van der Waals surface area contributed by atoms with Gasteiger partial charge in [0.25, 0.3) is 0 Å². The number of benzene rings is 2. The van der Waals surface area contributed by atoms with Crippen LogP contribution in [-0.2, 0) is 0 Å². The highest BCUT2D eigenvalue weighted by Crippen LogP contribution is 3.06. The number of carbonyl (C=O) groups is 1. The lowest BCUT2D eigenvalue weighted by molar-refractivity contribution is 0.0733. The van der Waals surface area contributed by atoms with Crippen molar-refractivity contribution >= 4 is 5.97 Å². The molecule has 126 valence electrons. The maximum absolute atomic E-state index is 13.2. The van der Waals surface area contributed by atoms with Gasteiger partial charge in [-0.05, 0) is 59.1 Å². The molecule has 0 N–H and O–H groups in total. The molecule has 1 spiro atoms. The Labute approximate surface area is 141 Å². The first-order valence-electron chi connectivity index (χ1n) is 8.50. The van der Waals surface area contributed by atoms with Gasteiger partial charge in [-0.2, -0.15) is 0 Å². The molecule has 4 unspecified atom stereocenters. The Morgan fingerprint density at radius 3 is 2.12 bits per heavy atom. The predicted molar refractivity (Wildman–Crippen MR) is 81.5 cm³/mol. The third-order valence-corrected chi connectivity index (χ3v) is 6.73. The number of hydrogen-bond donors (Lipinski definition) is 0. The molecule has 4 fully saturated rings. The molecule has 4 aliphatic rings. The second-order valence-electron chi connectivity index (χ2n) is 7.74. The van der Waals surface area contributed by atoms with Gasteiger partial charge in [0.15, 0.2) is 17.5 Å². The van der Waals surface area contributed by atoms with Crippen LogP contribution in [0.4, 0.5) is 13.2 Å². The Bertz CT molecular complexity index is 909. The normalized spacial score (nSPS) is 38.0. The lowest BCUT2D eigenvalue weighted by atomic mass is 9.89. The van der Waals surface area contributed by atoms with E-state index in [0.717, 1.165) is 29.1 Å². The average molecular weight is 342 g/mol. The Morgan fingerprint density at radius 2 is 1.60 bits per heavy atom. The molecule has 6 rings (SSSR count). The van der Waals surface area contributed by atoms with E-state index in [4.69, 9.17) is 4.74 Å². The molecule has 2 aromatic carbocycles. The average Bonchev–Trinajstić information content (AvgIpc) is 3.43. The van der Waals surface area contributed by atoms with Crippen LogP contribution >= 0.6 is 0 Å². The molecule has 0 bridgehead atoms. The molecule has 4 saturated carbocycles. The van der Waals surface area contributed by atoms with E-state index in [2.05, 4.69) is 0 Å². The van der Waals surface area contributed by atoms with Crippen LogP contribution in [0.1, 0.15) is 28.3 Å². The molecule has 0 aromatic heterocycles. The molecule has 0 radical (unpaired) electrons. The van der Waals surface area contributed by atoms with Gasteiger partial charge in [0.05, 0.1) is 5.56 Å². The second kappa shape index (κ2) is 4.09. The minimum Gasteiger partial charge on any atom is -0.423 e. The summed E-state index contributed by atoms with van der Waals surface area (Å²) < 4.78 is 44.2. The van der Waals surface area contributed by atoms with Crippen LogP contribution in [0.25, 0.3) is 0 Å². The summed E-state index contributed by atoms with van der Waals surface area (Å²) in [6, 6.07) is 8.52. The predicted octanol–water partition coefficient (Wildman–Crippen LogP) is 4.30. The summed E-state index contributed by atoms with van der Waals surface area (Å²) in [4.78, 5) is 12.1. The zero-order chi connectivity index (χ0) is 17.1. The lowest BCUT2D eigenvalue weighted by Crippen LogP contribution is -2.10. The molecule has 4 atom stereocenters. The van der Waals surface area contributed by atoms with Gasteiger partial charge < -0.3 is 4.74 Å². The van der Waals surface area contributed by atoms with E-state index in [1.54, 1.807) is 12.1 Å². The maximum atomic E-state index is 13.2. The molecular formula is C20H13F3O2. The van der Waals surface area contributed by atoms with E-state index >= 15 is 0 Å².